The number of nitrogens with two attached hydrogens (primary N) is 1. The van der Waals surface area contributed by atoms with E-state index in [1.54, 1.807) is 0 Å². The van der Waals surface area contributed by atoms with Crippen molar-refractivity contribution in [2.75, 3.05) is 6.54 Å². The number of hydrogen-bond acceptors (Lipinski definition) is 3. The lowest BCUT2D eigenvalue weighted by Gasteiger charge is -2.06. The van der Waals surface area contributed by atoms with Crippen LogP contribution < -0.4 is 5.73 Å². The summed E-state index contributed by atoms with van der Waals surface area (Å²) in [6.45, 7) is 1.42. The van der Waals surface area contributed by atoms with Crippen LogP contribution >= 0.6 is 0 Å². The molecule has 1 aromatic carbocycles. The molecule has 0 aliphatic carbocycles. The molecule has 0 radical (unpaired) electrons. The van der Waals surface area contributed by atoms with Crippen LogP contribution in [0.5, 0.6) is 0 Å². The molecule has 3 rings (SSSR count). The average molecular weight is 252 g/mol. The summed E-state index contributed by atoms with van der Waals surface area (Å²) >= 11 is 0. The van der Waals surface area contributed by atoms with E-state index in [0.29, 0.717) is 6.54 Å². The van der Waals surface area contributed by atoms with Gasteiger partial charge in [0.15, 0.2) is 0 Å². The number of hydrogen-bond donors (Lipinski definition) is 1. The highest BCUT2D eigenvalue weighted by molar-refractivity contribution is 5.81. The zero-order chi connectivity index (χ0) is 13.1. The Morgan fingerprint density at radius 1 is 1.11 bits per heavy atom. The van der Waals surface area contributed by atoms with E-state index in [1.165, 1.54) is 10.9 Å². The van der Waals surface area contributed by atoms with Crippen LogP contribution in [0.3, 0.4) is 0 Å². The Hall–Kier alpha value is -2.20. The highest BCUT2D eigenvalue weighted by atomic mass is 15.0. The third kappa shape index (κ3) is 2.48. The second-order valence-corrected chi connectivity index (χ2v) is 4.57. The Balaban J connectivity index is 1.92. The lowest BCUT2D eigenvalue weighted by molar-refractivity contribution is 0.799. The van der Waals surface area contributed by atoms with Crippen molar-refractivity contribution in [1.29, 1.82) is 0 Å². The van der Waals surface area contributed by atoms with Gasteiger partial charge < -0.3 is 10.3 Å². The maximum atomic E-state index is 5.54. The predicted molar refractivity (Wildman–Crippen MR) is 75.8 cm³/mol. The first-order chi connectivity index (χ1) is 9.36. The number of imidazole rings is 1. The van der Waals surface area contributed by atoms with Crippen molar-refractivity contribution in [3.63, 3.8) is 0 Å². The SMILES string of the molecule is NCCc1cn(Cc2cccc3cccnc23)cn1. The minimum absolute atomic E-state index is 0.632. The summed E-state index contributed by atoms with van der Waals surface area (Å²) in [5, 5.41) is 1.17. The van der Waals surface area contributed by atoms with Gasteiger partial charge in [-0.2, -0.15) is 0 Å². The summed E-state index contributed by atoms with van der Waals surface area (Å²) in [7, 11) is 0. The van der Waals surface area contributed by atoms with Gasteiger partial charge in [-0.15, -0.1) is 0 Å². The maximum Gasteiger partial charge on any atom is 0.0952 e. The number of rotatable bonds is 4. The Labute approximate surface area is 111 Å². The molecule has 0 amide bonds. The second-order valence-electron chi connectivity index (χ2n) is 4.57. The van der Waals surface area contributed by atoms with Crippen LogP contribution in [0.2, 0.25) is 0 Å². The molecule has 0 aliphatic heterocycles. The van der Waals surface area contributed by atoms with Crippen LogP contribution in [0.15, 0.2) is 49.1 Å². The molecular formula is C15H16N4. The summed E-state index contributed by atoms with van der Waals surface area (Å²) in [6.07, 6.45) is 6.56. The van der Waals surface area contributed by atoms with Crippen LogP contribution in [0.1, 0.15) is 11.3 Å². The lowest BCUT2D eigenvalue weighted by Crippen LogP contribution is -2.03. The van der Waals surface area contributed by atoms with Crippen molar-refractivity contribution in [2.24, 2.45) is 5.73 Å². The monoisotopic (exact) mass is 252 g/mol. The van der Waals surface area contributed by atoms with Gasteiger partial charge in [0.2, 0.25) is 0 Å². The normalized spacial score (nSPS) is 11.0. The third-order valence-electron chi connectivity index (χ3n) is 3.16. The molecule has 4 nitrogen and oxygen atoms in total. The topological polar surface area (TPSA) is 56.7 Å². The minimum atomic E-state index is 0.632. The maximum absolute atomic E-state index is 5.54. The highest BCUT2D eigenvalue weighted by Crippen LogP contribution is 2.17. The van der Waals surface area contributed by atoms with Gasteiger partial charge in [0.25, 0.3) is 0 Å². The van der Waals surface area contributed by atoms with Gasteiger partial charge in [0.05, 0.1) is 24.1 Å². The second kappa shape index (κ2) is 5.20. The standard InChI is InChI=1S/C15H16N4/c16-7-6-14-10-19(11-18-14)9-13-4-1-3-12-5-2-8-17-15(12)13/h1-5,8,10-11H,6-7,9,16H2. The molecule has 0 unspecified atom stereocenters. The fourth-order valence-corrected chi connectivity index (χ4v) is 2.26. The van der Waals surface area contributed by atoms with Crippen LogP contribution in [0, 0.1) is 0 Å². The van der Waals surface area contributed by atoms with E-state index < -0.39 is 0 Å². The van der Waals surface area contributed by atoms with Gasteiger partial charge in [0, 0.05) is 24.2 Å². The van der Waals surface area contributed by atoms with Crippen molar-refractivity contribution in [2.45, 2.75) is 13.0 Å². The van der Waals surface area contributed by atoms with E-state index in [-0.39, 0.29) is 0 Å². The average Bonchev–Trinajstić information content (AvgIpc) is 2.87. The van der Waals surface area contributed by atoms with E-state index in [9.17, 15) is 0 Å². The van der Waals surface area contributed by atoms with Crippen molar-refractivity contribution >= 4 is 10.9 Å². The van der Waals surface area contributed by atoms with Crippen molar-refractivity contribution in [1.82, 2.24) is 14.5 Å². The van der Waals surface area contributed by atoms with Crippen LogP contribution in [0.25, 0.3) is 10.9 Å². The Morgan fingerprint density at radius 2 is 2.00 bits per heavy atom. The Bertz CT molecular complexity index is 682. The highest BCUT2D eigenvalue weighted by Gasteiger charge is 2.03. The summed E-state index contributed by atoms with van der Waals surface area (Å²) in [6, 6.07) is 10.3. The first-order valence-electron chi connectivity index (χ1n) is 6.40. The van der Waals surface area contributed by atoms with Crippen molar-refractivity contribution in [3.05, 3.63) is 60.3 Å². The predicted octanol–water partition coefficient (Wildman–Crippen LogP) is 1.98. The zero-order valence-electron chi connectivity index (χ0n) is 10.7. The lowest BCUT2D eigenvalue weighted by atomic mass is 10.1. The van der Waals surface area contributed by atoms with Gasteiger partial charge >= 0.3 is 0 Å². The Morgan fingerprint density at radius 3 is 2.89 bits per heavy atom. The summed E-state index contributed by atoms with van der Waals surface area (Å²) < 4.78 is 2.08. The molecule has 3 aromatic rings. The molecule has 0 fully saturated rings. The summed E-state index contributed by atoms with van der Waals surface area (Å²) in [5.74, 6) is 0. The van der Waals surface area contributed by atoms with E-state index in [2.05, 4.69) is 45.0 Å². The number of nitrogens with zero attached hydrogens (tertiary/aromatic N) is 3. The molecule has 96 valence electrons. The molecule has 0 saturated heterocycles. The van der Waals surface area contributed by atoms with Crippen molar-refractivity contribution in [3.8, 4) is 0 Å². The number of pyridine rings is 1. The molecule has 0 spiro atoms. The van der Waals surface area contributed by atoms with E-state index in [4.69, 9.17) is 5.73 Å². The molecule has 2 heterocycles. The Kier molecular flexibility index (Phi) is 3.25. The zero-order valence-corrected chi connectivity index (χ0v) is 10.7. The van der Waals surface area contributed by atoms with Gasteiger partial charge in [-0.3, -0.25) is 4.98 Å². The molecular weight excluding hydrogens is 236 g/mol. The minimum Gasteiger partial charge on any atom is -0.333 e. The summed E-state index contributed by atoms with van der Waals surface area (Å²) in [4.78, 5) is 8.81. The molecule has 2 aromatic heterocycles. The number of benzene rings is 1. The molecule has 4 heteroatoms. The molecule has 19 heavy (non-hydrogen) atoms. The molecule has 0 atom stereocenters. The third-order valence-corrected chi connectivity index (χ3v) is 3.16. The van der Waals surface area contributed by atoms with E-state index in [0.717, 1.165) is 24.2 Å². The quantitative estimate of drug-likeness (QED) is 0.772. The fraction of sp³-hybridized carbons (Fsp3) is 0.200. The number of fused-ring (bicyclic) bond motifs is 1. The first-order valence-corrected chi connectivity index (χ1v) is 6.40. The molecule has 2 N–H and O–H groups in total. The van der Waals surface area contributed by atoms with E-state index >= 15 is 0 Å². The number of para-hydroxylation sites is 1. The van der Waals surface area contributed by atoms with Gasteiger partial charge in [-0.1, -0.05) is 24.3 Å². The summed E-state index contributed by atoms with van der Waals surface area (Å²) in [5.41, 5.74) is 8.83. The fourth-order valence-electron chi connectivity index (χ4n) is 2.26. The molecule has 0 bridgehead atoms. The largest absolute Gasteiger partial charge is 0.333 e. The smallest absolute Gasteiger partial charge is 0.0952 e. The number of aromatic nitrogens is 3. The molecule has 0 aliphatic rings. The van der Waals surface area contributed by atoms with Crippen molar-refractivity contribution < 1.29 is 0 Å². The molecule has 0 saturated carbocycles. The van der Waals surface area contributed by atoms with Crippen LogP contribution in [-0.4, -0.2) is 21.1 Å². The van der Waals surface area contributed by atoms with Crippen LogP contribution in [0.4, 0.5) is 0 Å². The van der Waals surface area contributed by atoms with Crippen LogP contribution in [-0.2, 0) is 13.0 Å². The van der Waals surface area contributed by atoms with Gasteiger partial charge in [0.1, 0.15) is 0 Å². The van der Waals surface area contributed by atoms with Gasteiger partial charge in [-0.05, 0) is 18.2 Å². The van der Waals surface area contributed by atoms with Gasteiger partial charge in [-0.25, -0.2) is 4.98 Å². The first kappa shape index (κ1) is 11.9. The van der Waals surface area contributed by atoms with E-state index in [1.807, 2.05) is 18.6 Å².